The molecule has 2 rings (SSSR count). The first-order valence-corrected chi connectivity index (χ1v) is 7.39. The number of carbonyl (C=O) groups is 1. The molecule has 0 radical (unpaired) electrons. The number of hydrogen-bond donors (Lipinski definition) is 1. The van der Waals surface area contributed by atoms with Gasteiger partial charge in [-0.05, 0) is 30.3 Å². The Hall–Kier alpha value is -2.53. The summed E-state index contributed by atoms with van der Waals surface area (Å²) in [4.78, 5) is 11.8. The molecular formula is C16H10BrF3N2O2. The second kappa shape index (κ2) is 7.36. The van der Waals surface area contributed by atoms with Crippen LogP contribution in [0.25, 0.3) is 0 Å². The molecule has 2 aromatic carbocycles. The van der Waals surface area contributed by atoms with Crippen LogP contribution in [0.5, 0.6) is 5.75 Å². The number of nitrogens with zero attached hydrogens (tertiary/aromatic N) is 1. The second-order valence-electron chi connectivity index (χ2n) is 4.64. The number of para-hydroxylation sites is 1. The topological polar surface area (TPSA) is 62.1 Å². The predicted molar refractivity (Wildman–Crippen MR) is 84.4 cm³/mol. The van der Waals surface area contributed by atoms with Gasteiger partial charge in [0.05, 0.1) is 11.1 Å². The minimum Gasteiger partial charge on any atom is -0.482 e. The maximum absolute atomic E-state index is 12.8. The molecule has 8 heteroatoms. The van der Waals surface area contributed by atoms with Gasteiger partial charge in [0.2, 0.25) is 0 Å². The van der Waals surface area contributed by atoms with Crippen LogP contribution in [-0.4, -0.2) is 12.5 Å². The van der Waals surface area contributed by atoms with E-state index in [1.165, 1.54) is 24.3 Å². The summed E-state index contributed by atoms with van der Waals surface area (Å²) in [5, 5.41) is 11.2. The summed E-state index contributed by atoms with van der Waals surface area (Å²) in [7, 11) is 0. The van der Waals surface area contributed by atoms with Crippen LogP contribution in [0.3, 0.4) is 0 Å². The molecule has 0 fully saturated rings. The molecule has 0 heterocycles. The lowest BCUT2D eigenvalue weighted by Gasteiger charge is -2.12. The Labute approximate surface area is 144 Å². The smallest absolute Gasteiger partial charge is 0.417 e. The largest absolute Gasteiger partial charge is 0.482 e. The average molecular weight is 399 g/mol. The van der Waals surface area contributed by atoms with Gasteiger partial charge in [-0.1, -0.05) is 28.1 Å². The Morgan fingerprint density at radius 3 is 2.62 bits per heavy atom. The minimum atomic E-state index is -4.54. The van der Waals surface area contributed by atoms with Crippen molar-refractivity contribution in [3.8, 4) is 11.8 Å². The fourth-order valence-corrected chi connectivity index (χ4v) is 2.32. The maximum atomic E-state index is 12.8. The van der Waals surface area contributed by atoms with E-state index in [4.69, 9.17) is 10.00 Å². The zero-order valence-electron chi connectivity index (χ0n) is 12.0. The Balaban J connectivity index is 2.04. The van der Waals surface area contributed by atoms with E-state index in [9.17, 15) is 18.0 Å². The van der Waals surface area contributed by atoms with Crippen molar-refractivity contribution in [2.45, 2.75) is 6.18 Å². The van der Waals surface area contributed by atoms with Crippen molar-refractivity contribution in [3.63, 3.8) is 0 Å². The fraction of sp³-hybridized carbons (Fsp3) is 0.125. The number of hydrogen-bond acceptors (Lipinski definition) is 3. The highest BCUT2D eigenvalue weighted by Crippen LogP contribution is 2.36. The van der Waals surface area contributed by atoms with Gasteiger partial charge in [-0.25, -0.2) is 0 Å². The number of carbonyl (C=O) groups excluding carboxylic acids is 1. The Bertz CT molecular complexity index is 801. The van der Waals surface area contributed by atoms with Gasteiger partial charge < -0.3 is 10.1 Å². The number of rotatable bonds is 4. The number of nitrogens with one attached hydrogen (secondary N) is 1. The number of amides is 1. The summed E-state index contributed by atoms with van der Waals surface area (Å²) in [5.74, 6) is -0.417. The summed E-state index contributed by atoms with van der Waals surface area (Å²) < 4.78 is 43.6. The molecule has 1 amide bonds. The minimum absolute atomic E-state index is 0.00677. The zero-order chi connectivity index (χ0) is 17.7. The van der Waals surface area contributed by atoms with Gasteiger partial charge in [0, 0.05) is 10.2 Å². The molecule has 0 aromatic heterocycles. The number of benzene rings is 2. The number of nitriles is 1. The zero-order valence-corrected chi connectivity index (χ0v) is 13.6. The first-order chi connectivity index (χ1) is 11.3. The number of alkyl halides is 3. The molecular weight excluding hydrogens is 389 g/mol. The molecule has 0 aliphatic carbocycles. The fourth-order valence-electron chi connectivity index (χ4n) is 1.85. The average Bonchev–Trinajstić information content (AvgIpc) is 2.54. The second-order valence-corrected chi connectivity index (χ2v) is 5.49. The summed E-state index contributed by atoms with van der Waals surface area (Å²) in [6, 6.07) is 11.6. The lowest BCUT2D eigenvalue weighted by molar-refractivity contribution is -0.138. The number of anilines is 1. The van der Waals surface area contributed by atoms with E-state index < -0.39 is 24.3 Å². The first kappa shape index (κ1) is 17.8. The highest BCUT2D eigenvalue weighted by atomic mass is 79.9. The third-order valence-electron chi connectivity index (χ3n) is 2.92. The molecule has 0 saturated carbocycles. The SMILES string of the molecule is N#Cc1ccccc1OCC(=O)Nc1ccc(Br)c(C(F)(F)F)c1. The van der Waals surface area contributed by atoms with Crippen LogP contribution < -0.4 is 10.1 Å². The molecule has 0 aliphatic rings. The van der Waals surface area contributed by atoms with E-state index in [-0.39, 0.29) is 21.5 Å². The van der Waals surface area contributed by atoms with Gasteiger partial charge in [-0.3, -0.25) is 4.79 Å². The quantitative estimate of drug-likeness (QED) is 0.832. The van der Waals surface area contributed by atoms with Crippen molar-refractivity contribution in [2.24, 2.45) is 0 Å². The van der Waals surface area contributed by atoms with Gasteiger partial charge in [-0.2, -0.15) is 18.4 Å². The van der Waals surface area contributed by atoms with Gasteiger partial charge in [-0.15, -0.1) is 0 Å². The molecule has 0 unspecified atom stereocenters. The van der Waals surface area contributed by atoms with Crippen LogP contribution in [0.2, 0.25) is 0 Å². The van der Waals surface area contributed by atoms with Gasteiger partial charge in [0.15, 0.2) is 6.61 Å². The predicted octanol–water partition coefficient (Wildman–Crippen LogP) is 4.36. The monoisotopic (exact) mass is 398 g/mol. The van der Waals surface area contributed by atoms with Gasteiger partial charge >= 0.3 is 6.18 Å². The van der Waals surface area contributed by atoms with Gasteiger partial charge in [0.1, 0.15) is 11.8 Å². The molecule has 0 saturated heterocycles. The molecule has 0 bridgehead atoms. The van der Waals surface area contributed by atoms with E-state index >= 15 is 0 Å². The summed E-state index contributed by atoms with van der Waals surface area (Å²) in [5.41, 5.74) is -0.642. The third kappa shape index (κ3) is 4.49. The Morgan fingerprint density at radius 1 is 1.25 bits per heavy atom. The highest BCUT2D eigenvalue weighted by Gasteiger charge is 2.33. The van der Waals surface area contributed by atoms with Crippen molar-refractivity contribution in [3.05, 3.63) is 58.1 Å². The molecule has 24 heavy (non-hydrogen) atoms. The Morgan fingerprint density at radius 2 is 1.96 bits per heavy atom. The van der Waals surface area contributed by atoms with Crippen LogP contribution in [-0.2, 0) is 11.0 Å². The summed E-state index contributed by atoms with van der Waals surface area (Å²) in [6.07, 6.45) is -4.54. The standard InChI is InChI=1S/C16H10BrF3N2O2/c17-13-6-5-11(7-12(13)16(18,19)20)22-15(23)9-24-14-4-2-1-3-10(14)8-21/h1-7H,9H2,(H,22,23). The third-order valence-corrected chi connectivity index (χ3v) is 3.61. The summed E-state index contributed by atoms with van der Waals surface area (Å²) >= 11 is 2.82. The van der Waals surface area contributed by atoms with Crippen LogP contribution in [0, 0.1) is 11.3 Å². The van der Waals surface area contributed by atoms with E-state index in [0.29, 0.717) is 0 Å². The van der Waals surface area contributed by atoms with Crippen LogP contribution in [0.1, 0.15) is 11.1 Å². The lowest BCUT2D eigenvalue weighted by Crippen LogP contribution is -2.20. The highest BCUT2D eigenvalue weighted by molar-refractivity contribution is 9.10. The van der Waals surface area contributed by atoms with E-state index in [2.05, 4.69) is 21.2 Å². The first-order valence-electron chi connectivity index (χ1n) is 6.60. The molecule has 4 nitrogen and oxygen atoms in total. The van der Waals surface area contributed by atoms with Gasteiger partial charge in [0.25, 0.3) is 5.91 Å². The van der Waals surface area contributed by atoms with Crippen molar-refractivity contribution in [1.82, 2.24) is 0 Å². The normalized spacial score (nSPS) is 10.8. The van der Waals surface area contributed by atoms with E-state index in [1.807, 2.05) is 6.07 Å². The van der Waals surface area contributed by atoms with Crippen molar-refractivity contribution in [2.75, 3.05) is 11.9 Å². The van der Waals surface area contributed by atoms with Crippen molar-refractivity contribution >= 4 is 27.5 Å². The summed E-state index contributed by atoms with van der Waals surface area (Å²) in [6.45, 7) is -0.434. The molecule has 0 aliphatic heterocycles. The van der Waals surface area contributed by atoms with Crippen molar-refractivity contribution in [1.29, 1.82) is 5.26 Å². The Kier molecular flexibility index (Phi) is 5.46. The van der Waals surface area contributed by atoms with Crippen LogP contribution >= 0.6 is 15.9 Å². The van der Waals surface area contributed by atoms with E-state index in [0.717, 1.165) is 6.07 Å². The number of ether oxygens (including phenoxy) is 1. The van der Waals surface area contributed by atoms with E-state index in [1.54, 1.807) is 12.1 Å². The molecule has 124 valence electrons. The molecule has 0 atom stereocenters. The van der Waals surface area contributed by atoms with Crippen LogP contribution in [0.4, 0.5) is 18.9 Å². The molecule has 2 aromatic rings. The number of halogens is 4. The molecule has 0 spiro atoms. The van der Waals surface area contributed by atoms with Crippen molar-refractivity contribution < 1.29 is 22.7 Å². The van der Waals surface area contributed by atoms with Crippen LogP contribution in [0.15, 0.2) is 46.9 Å². The maximum Gasteiger partial charge on any atom is 0.417 e. The lowest BCUT2D eigenvalue weighted by atomic mass is 10.2. The molecule has 1 N–H and O–H groups in total.